The van der Waals surface area contributed by atoms with Crippen molar-refractivity contribution in [3.8, 4) is 0 Å². The number of hydrogen-bond donors (Lipinski definition) is 1. The Bertz CT molecular complexity index is 904. The van der Waals surface area contributed by atoms with Gasteiger partial charge in [-0.05, 0) is 38.5 Å². The molecule has 5 atom stereocenters. The number of aliphatic hydroxyl groups is 1. The molecule has 200 valence electrons. The lowest BCUT2D eigenvalue weighted by atomic mass is 9.73. The van der Waals surface area contributed by atoms with Gasteiger partial charge in [0.1, 0.15) is 11.6 Å². The van der Waals surface area contributed by atoms with E-state index in [1.54, 1.807) is 4.90 Å². The van der Waals surface area contributed by atoms with Crippen molar-refractivity contribution in [2.45, 2.75) is 83.0 Å². The minimum Gasteiger partial charge on any atom is -0.396 e. The largest absolute Gasteiger partial charge is 0.396 e. The Labute approximate surface area is 215 Å². The first-order valence-electron chi connectivity index (χ1n) is 13.9. The van der Waals surface area contributed by atoms with Crippen molar-refractivity contribution in [1.82, 2.24) is 14.7 Å². The van der Waals surface area contributed by atoms with Gasteiger partial charge in [-0.2, -0.15) is 0 Å². The number of aliphatic hydroxyl groups excluding tert-OH is 1. The maximum atomic E-state index is 14.2. The molecular weight excluding hydrogens is 458 g/mol. The smallest absolute Gasteiger partial charge is 0.249 e. The molecule has 8 nitrogen and oxygen atoms in total. The van der Waals surface area contributed by atoms with Crippen LogP contribution < -0.4 is 0 Å². The highest BCUT2D eigenvalue weighted by molar-refractivity contribution is 6.00. The molecule has 2 saturated heterocycles. The van der Waals surface area contributed by atoms with E-state index >= 15 is 0 Å². The van der Waals surface area contributed by atoms with E-state index in [-0.39, 0.29) is 24.3 Å². The lowest BCUT2D eigenvalue weighted by molar-refractivity contribution is -0.154. The maximum absolute atomic E-state index is 14.2. The van der Waals surface area contributed by atoms with Crippen molar-refractivity contribution in [2.24, 2.45) is 11.8 Å². The fourth-order valence-corrected chi connectivity index (χ4v) is 6.69. The third-order valence-corrected chi connectivity index (χ3v) is 8.44. The van der Waals surface area contributed by atoms with Gasteiger partial charge >= 0.3 is 0 Å². The zero-order valence-electron chi connectivity index (χ0n) is 22.2. The summed E-state index contributed by atoms with van der Waals surface area (Å²) in [6, 6.07) is -0.782. The molecule has 4 aliphatic rings. The molecule has 0 aromatic carbocycles. The van der Waals surface area contributed by atoms with Gasteiger partial charge in [-0.3, -0.25) is 14.4 Å². The minimum atomic E-state index is -1.16. The number of ether oxygens (including phenoxy) is 1. The zero-order chi connectivity index (χ0) is 25.9. The topological polar surface area (TPSA) is 90.4 Å². The van der Waals surface area contributed by atoms with Crippen molar-refractivity contribution in [3.63, 3.8) is 0 Å². The summed E-state index contributed by atoms with van der Waals surface area (Å²) in [5.41, 5.74) is -2.08. The van der Waals surface area contributed by atoms with Crippen molar-refractivity contribution >= 4 is 17.7 Å². The summed E-state index contributed by atoms with van der Waals surface area (Å²) in [6.45, 7) is 8.92. The van der Waals surface area contributed by atoms with Gasteiger partial charge in [0, 0.05) is 39.3 Å². The third kappa shape index (κ3) is 4.30. The van der Waals surface area contributed by atoms with Crippen LogP contribution in [-0.2, 0) is 19.1 Å². The predicted octanol–water partition coefficient (Wildman–Crippen LogP) is 2.52. The molecule has 3 amide bonds. The molecule has 0 bridgehead atoms. The SMILES string of the molecule is CCCCN1CC=C[C@]23O[C@@]4(CC)C=CCN(CCC)C(=O)[C@H]4[C@H]2C(=O)N(CCCCCO)C3C1=O. The highest BCUT2D eigenvalue weighted by Gasteiger charge is 2.75. The lowest BCUT2D eigenvalue weighted by Gasteiger charge is -2.38. The molecule has 4 aliphatic heterocycles. The molecule has 4 rings (SSSR count). The van der Waals surface area contributed by atoms with Crippen molar-refractivity contribution in [2.75, 3.05) is 39.3 Å². The third-order valence-electron chi connectivity index (χ3n) is 8.44. The molecule has 0 aliphatic carbocycles. The van der Waals surface area contributed by atoms with Crippen LogP contribution >= 0.6 is 0 Å². The van der Waals surface area contributed by atoms with Crippen LogP contribution in [0.5, 0.6) is 0 Å². The summed E-state index contributed by atoms with van der Waals surface area (Å²) >= 11 is 0. The van der Waals surface area contributed by atoms with E-state index in [4.69, 9.17) is 4.74 Å². The van der Waals surface area contributed by atoms with Crippen molar-refractivity contribution < 1.29 is 24.2 Å². The molecule has 0 aromatic heterocycles. The first-order chi connectivity index (χ1) is 17.4. The van der Waals surface area contributed by atoms with Gasteiger partial charge in [0.05, 0.1) is 17.4 Å². The molecular formula is C28H43N3O5. The average Bonchev–Trinajstić information content (AvgIpc) is 3.16. The molecule has 0 saturated carbocycles. The highest BCUT2D eigenvalue weighted by atomic mass is 16.5. The first kappa shape index (κ1) is 26.9. The lowest BCUT2D eigenvalue weighted by Crippen LogP contribution is -2.56. The molecule has 0 aromatic rings. The molecule has 2 fully saturated rings. The van der Waals surface area contributed by atoms with Gasteiger partial charge in [-0.1, -0.05) is 51.5 Å². The second-order valence-electron chi connectivity index (χ2n) is 10.7. The Morgan fingerprint density at radius 1 is 0.833 bits per heavy atom. The fourth-order valence-electron chi connectivity index (χ4n) is 6.69. The molecule has 36 heavy (non-hydrogen) atoms. The van der Waals surface area contributed by atoms with Crippen LogP contribution in [0.3, 0.4) is 0 Å². The van der Waals surface area contributed by atoms with Gasteiger partial charge in [0.2, 0.25) is 17.7 Å². The second-order valence-corrected chi connectivity index (χ2v) is 10.7. The number of carbonyl (C=O) groups excluding carboxylic acids is 3. The number of fused-ring (bicyclic) bond motifs is 2. The van der Waals surface area contributed by atoms with Crippen molar-refractivity contribution in [3.05, 3.63) is 24.3 Å². The molecule has 1 spiro atoms. The molecule has 0 radical (unpaired) electrons. The molecule has 1 unspecified atom stereocenters. The Hall–Kier alpha value is -2.19. The van der Waals surface area contributed by atoms with Crippen LogP contribution in [0.1, 0.15) is 65.7 Å². The molecule has 1 N–H and O–H groups in total. The summed E-state index contributed by atoms with van der Waals surface area (Å²) in [5.74, 6) is -1.69. The zero-order valence-corrected chi connectivity index (χ0v) is 22.2. The van der Waals surface area contributed by atoms with Crippen LogP contribution in [-0.4, -0.2) is 94.1 Å². The van der Waals surface area contributed by atoms with E-state index < -0.39 is 29.1 Å². The maximum Gasteiger partial charge on any atom is 0.249 e. The Morgan fingerprint density at radius 2 is 1.56 bits per heavy atom. The van der Waals surface area contributed by atoms with Crippen LogP contribution in [0.15, 0.2) is 24.3 Å². The van der Waals surface area contributed by atoms with Gasteiger partial charge in [0.25, 0.3) is 0 Å². The van der Waals surface area contributed by atoms with Crippen molar-refractivity contribution in [1.29, 1.82) is 0 Å². The van der Waals surface area contributed by atoms with Gasteiger partial charge in [0.15, 0.2) is 0 Å². The summed E-state index contributed by atoms with van der Waals surface area (Å²) in [4.78, 5) is 47.7. The van der Waals surface area contributed by atoms with Crippen LogP contribution in [0.2, 0.25) is 0 Å². The van der Waals surface area contributed by atoms with E-state index in [2.05, 4.69) is 6.92 Å². The van der Waals surface area contributed by atoms with E-state index in [1.165, 1.54) is 0 Å². The second kappa shape index (κ2) is 11.1. The number of amides is 3. The highest BCUT2D eigenvalue weighted by Crippen LogP contribution is 2.58. The molecule has 4 heterocycles. The summed E-state index contributed by atoms with van der Waals surface area (Å²) in [7, 11) is 0. The van der Waals surface area contributed by atoms with Gasteiger partial charge in [-0.25, -0.2) is 0 Å². The number of carbonyl (C=O) groups is 3. The summed E-state index contributed by atoms with van der Waals surface area (Å²) < 4.78 is 6.95. The van der Waals surface area contributed by atoms with E-state index in [0.29, 0.717) is 52.0 Å². The first-order valence-corrected chi connectivity index (χ1v) is 13.9. The Morgan fingerprint density at radius 3 is 2.22 bits per heavy atom. The summed E-state index contributed by atoms with van der Waals surface area (Å²) in [5, 5.41) is 9.21. The quantitative estimate of drug-likeness (QED) is 0.347. The van der Waals surface area contributed by atoms with Crippen LogP contribution in [0, 0.1) is 11.8 Å². The van der Waals surface area contributed by atoms with Gasteiger partial charge in [-0.15, -0.1) is 0 Å². The average molecular weight is 502 g/mol. The number of hydrogen-bond acceptors (Lipinski definition) is 5. The monoisotopic (exact) mass is 501 g/mol. The van der Waals surface area contributed by atoms with Crippen LogP contribution in [0.25, 0.3) is 0 Å². The minimum absolute atomic E-state index is 0.0484. The normalized spacial score (nSPS) is 33.6. The molecule has 8 heteroatoms. The van der Waals surface area contributed by atoms with Crippen LogP contribution in [0.4, 0.5) is 0 Å². The Balaban J connectivity index is 1.79. The van der Waals surface area contributed by atoms with E-state index in [9.17, 15) is 19.5 Å². The number of likely N-dealkylation sites (tertiary alicyclic amines) is 1. The standard InChI is InChI=1S/C28H43N3O5/c1-4-7-16-30-18-12-14-28-22(25(34)31(23(28)26(30)35)19-9-8-10-20-32)21-24(33)29(15-5-2)17-11-13-27(21,6-3)36-28/h11-14,21-23,32H,4-10,15-20H2,1-3H3/t21-,22+,23?,27+,28+/m1/s1. The van der Waals surface area contributed by atoms with Gasteiger partial charge < -0.3 is 24.5 Å². The number of nitrogens with zero attached hydrogens (tertiary/aromatic N) is 3. The van der Waals surface area contributed by atoms with E-state index in [0.717, 1.165) is 25.7 Å². The van der Waals surface area contributed by atoms with E-state index in [1.807, 2.05) is 48.0 Å². The summed E-state index contributed by atoms with van der Waals surface area (Å²) in [6.07, 6.45) is 13.3. The Kier molecular flexibility index (Phi) is 8.25. The predicted molar refractivity (Wildman–Crippen MR) is 137 cm³/mol. The number of unbranched alkanes of at least 4 members (excludes halogenated alkanes) is 3. The number of rotatable bonds is 11. The fraction of sp³-hybridized carbons (Fsp3) is 0.750.